The maximum atomic E-state index is 11.3. The first-order chi connectivity index (χ1) is 7.10. The van der Waals surface area contributed by atoms with Crippen molar-refractivity contribution in [3.63, 3.8) is 0 Å². The van der Waals surface area contributed by atoms with Crippen LogP contribution in [0.15, 0.2) is 0 Å². The molecule has 0 radical (unpaired) electrons. The van der Waals surface area contributed by atoms with Gasteiger partial charge >= 0.3 is 6.03 Å². The van der Waals surface area contributed by atoms with Gasteiger partial charge in [-0.15, -0.1) is 0 Å². The van der Waals surface area contributed by atoms with Gasteiger partial charge in [-0.2, -0.15) is 0 Å². The van der Waals surface area contributed by atoms with Crippen molar-refractivity contribution in [2.75, 3.05) is 40.3 Å². The minimum atomic E-state index is -0.440. The van der Waals surface area contributed by atoms with Crippen LogP contribution in [-0.4, -0.2) is 57.1 Å². The van der Waals surface area contributed by atoms with Crippen molar-refractivity contribution in [1.29, 1.82) is 0 Å². The van der Waals surface area contributed by atoms with E-state index < -0.39 is 6.03 Å². The standard InChI is InChI=1S/C9H20N4O2/c1-4-11-9(15)12-8(14)7-13(3)6-5-10-2/h10H,4-7H2,1-3H3,(H2,11,12,14,15). The molecular formula is C9H20N4O2. The number of nitrogens with one attached hydrogen (secondary N) is 3. The molecule has 0 rings (SSSR count). The van der Waals surface area contributed by atoms with E-state index in [2.05, 4.69) is 16.0 Å². The molecule has 0 heterocycles. The van der Waals surface area contributed by atoms with Crippen LogP contribution in [0.25, 0.3) is 0 Å². The number of carbonyl (C=O) groups excluding carboxylic acids is 2. The summed E-state index contributed by atoms with van der Waals surface area (Å²) in [4.78, 5) is 24.1. The van der Waals surface area contributed by atoms with Crippen LogP contribution in [0.1, 0.15) is 6.92 Å². The second-order valence-electron chi connectivity index (χ2n) is 3.25. The van der Waals surface area contributed by atoms with Crippen LogP contribution >= 0.6 is 0 Å². The van der Waals surface area contributed by atoms with Gasteiger partial charge in [-0.05, 0) is 21.0 Å². The zero-order chi connectivity index (χ0) is 11.7. The maximum absolute atomic E-state index is 11.3. The maximum Gasteiger partial charge on any atom is 0.321 e. The highest BCUT2D eigenvalue weighted by Crippen LogP contribution is 1.80. The van der Waals surface area contributed by atoms with Crippen molar-refractivity contribution < 1.29 is 9.59 Å². The molecule has 0 fully saturated rings. The average molecular weight is 216 g/mol. The minimum Gasteiger partial charge on any atom is -0.338 e. The van der Waals surface area contributed by atoms with Crippen LogP contribution in [0.2, 0.25) is 0 Å². The summed E-state index contributed by atoms with van der Waals surface area (Å²) in [5.74, 6) is -0.292. The van der Waals surface area contributed by atoms with Crippen LogP contribution in [-0.2, 0) is 4.79 Å². The lowest BCUT2D eigenvalue weighted by Crippen LogP contribution is -2.44. The fraction of sp³-hybridized carbons (Fsp3) is 0.778. The van der Waals surface area contributed by atoms with Crippen molar-refractivity contribution in [1.82, 2.24) is 20.9 Å². The number of rotatable bonds is 6. The summed E-state index contributed by atoms with van der Waals surface area (Å²) in [5, 5.41) is 7.71. The Kier molecular flexibility index (Phi) is 7.57. The molecule has 0 saturated heterocycles. The SMILES string of the molecule is CCNC(=O)NC(=O)CN(C)CCNC. The van der Waals surface area contributed by atoms with Crippen molar-refractivity contribution in [2.45, 2.75) is 6.92 Å². The molecule has 0 bridgehead atoms. The Balaban J connectivity index is 3.68. The summed E-state index contributed by atoms with van der Waals surface area (Å²) >= 11 is 0. The smallest absolute Gasteiger partial charge is 0.321 e. The lowest BCUT2D eigenvalue weighted by Gasteiger charge is -2.15. The van der Waals surface area contributed by atoms with Gasteiger partial charge in [-0.1, -0.05) is 0 Å². The molecule has 0 saturated carbocycles. The van der Waals surface area contributed by atoms with E-state index in [1.54, 1.807) is 6.92 Å². The van der Waals surface area contributed by atoms with Gasteiger partial charge in [0, 0.05) is 19.6 Å². The number of urea groups is 1. The molecule has 0 aromatic rings. The Labute approximate surface area is 90.4 Å². The molecule has 0 spiro atoms. The summed E-state index contributed by atoms with van der Waals surface area (Å²) in [6.45, 7) is 4.10. The zero-order valence-electron chi connectivity index (χ0n) is 9.59. The van der Waals surface area contributed by atoms with Crippen LogP contribution in [0.4, 0.5) is 4.79 Å². The third-order valence-corrected chi connectivity index (χ3v) is 1.75. The molecule has 6 nitrogen and oxygen atoms in total. The van der Waals surface area contributed by atoms with Gasteiger partial charge in [0.15, 0.2) is 0 Å². The monoisotopic (exact) mass is 216 g/mol. The number of hydrogen-bond acceptors (Lipinski definition) is 4. The molecule has 0 aromatic heterocycles. The average Bonchev–Trinajstić information content (AvgIpc) is 2.14. The summed E-state index contributed by atoms with van der Waals surface area (Å²) in [7, 11) is 3.68. The number of carbonyl (C=O) groups is 2. The second kappa shape index (κ2) is 8.19. The van der Waals surface area contributed by atoms with Crippen molar-refractivity contribution in [3.05, 3.63) is 0 Å². The summed E-state index contributed by atoms with van der Waals surface area (Å²) < 4.78 is 0. The molecule has 0 aliphatic carbocycles. The fourth-order valence-corrected chi connectivity index (χ4v) is 0.998. The Morgan fingerprint density at radius 1 is 1.33 bits per heavy atom. The van der Waals surface area contributed by atoms with Crippen LogP contribution in [0, 0.1) is 0 Å². The molecule has 3 amide bonds. The predicted molar refractivity (Wildman–Crippen MR) is 58.6 cm³/mol. The predicted octanol–water partition coefficient (Wildman–Crippen LogP) is -1.02. The van der Waals surface area contributed by atoms with E-state index in [0.29, 0.717) is 6.54 Å². The molecule has 0 aromatic carbocycles. The third kappa shape index (κ3) is 7.90. The number of amides is 3. The zero-order valence-corrected chi connectivity index (χ0v) is 9.59. The lowest BCUT2D eigenvalue weighted by molar-refractivity contribution is -0.120. The lowest BCUT2D eigenvalue weighted by atomic mass is 10.5. The van der Waals surface area contributed by atoms with Crippen molar-refractivity contribution in [2.24, 2.45) is 0 Å². The van der Waals surface area contributed by atoms with Gasteiger partial charge in [-0.25, -0.2) is 4.79 Å². The van der Waals surface area contributed by atoms with E-state index in [0.717, 1.165) is 13.1 Å². The molecule has 0 aliphatic rings. The third-order valence-electron chi connectivity index (χ3n) is 1.75. The summed E-state index contributed by atoms with van der Waals surface area (Å²) in [5.41, 5.74) is 0. The highest BCUT2D eigenvalue weighted by molar-refractivity contribution is 5.95. The van der Waals surface area contributed by atoms with E-state index in [1.165, 1.54) is 0 Å². The van der Waals surface area contributed by atoms with E-state index >= 15 is 0 Å². The van der Waals surface area contributed by atoms with Gasteiger partial charge in [0.2, 0.25) is 5.91 Å². The van der Waals surface area contributed by atoms with E-state index in [4.69, 9.17) is 0 Å². The first-order valence-corrected chi connectivity index (χ1v) is 5.01. The molecule has 0 atom stereocenters. The topological polar surface area (TPSA) is 73.5 Å². The molecule has 0 unspecified atom stereocenters. The number of nitrogens with zero attached hydrogens (tertiary/aromatic N) is 1. The van der Waals surface area contributed by atoms with E-state index in [-0.39, 0.29) is 12.5 Å². The van der Waals surface area contributed by atoms with Crippen LogP contribution in [0.3, 0.4) is 0 Å². The molecule has 3 N–H and O–H groups in total. The quantitative estimate of drug-likeness (QED) is 0.531. The minimum absolute atomic E-state index is 0.221. The fourth-order valence-electron chi connectivity index (χ4n) is 0.998. The van der Waals surface area contributed by atoms with E-state index in [1.807, 2.05) is 19.0 Å². The highest BCUT2D eigenvalue weighted by atomic mass is 16.2. The van der Waals surface area contributed by atoms with Gasteiger partial charge in [0.05, 0.1) is 6.54 Å². The molecular weight excluding hydrogens is 196 g/mol. The Morgan fingerprint density at radius 2 is 2.00 bits per heavy atom. The van der Waals surface area contributed by atoms with Gasteiger partial charge in [0.1, 0.15) is 0 Å². The normalized spacial score (nSPS) is 10.1. The summed E-state index contributed by atoms with van der Waals surface area (Å²) in [6.07, 6.45) is 0. The molecule has 6 heteroatoms. The second-order valence-corrected chi connectivity index (χ2v) is 3.25. The van der Waals surface area contributed by atoms with Gasteiger partial charge < -0.3 is 10.6 Å². The Bertz CT molecular complexity index is 208. The first-order valence-electron chi connectivity index (χ1n) is 5.01. The molecule has 88 valence electrons. The Hall–Kier alpha value is -1.14. The number of imide groups is 1. The number of likely N-dealkylation sites (N-methyl/N-ethyl adjacent to an activating group) is 2. The largest absolute Gasteiger partial charge is 0.338 e. The Morgan fingerprint density at radius 3 is 2.53 bits per heavy atom. The van der Waals surface area contributed by atoms with Crippen molar-refractivity contribution in [3.8, 4) is 0 Å². The van der Waals surface area contributed by atoms with Gasteiger partial charge in [0.25, 0.3) is 0 Å². The summed E-state index contributed by atoms with van der Waals surface area (Å²) in [6, 6.07) is -0.440. The molecule has 15 heavy (non-hydrogen) atoms. The first kappa shape index (κ1) is 13.9. The number of hydrogen-bond donors (Lipinski definition) is 3. The van der Waals surface area contributed by atoms with Crippen molar-refractivity contribution >= 4 is 11.9 Å². The van der Waals surface area contributed by atoms with E-state index in [9.17, 15) is 9.59 Å². The highest BCUT2D eigenvalue weighted by Gasteiger charge is 2.08. The van der Waals surface area contributed by atoms with Crippen LogP contribution < -0.4 is 16.0 Å². The van der Waals surface area contributed by atoms with Crippen LogP contribution in [0.5, 0.6) is 0 Å². The molecule has 0 aliphatic heterocycles. The van der Waals surface area contributed by atoms with Gasteiger partial charge in [-0.3, -0.25) is 15.0 Å².